The van der Waals surface area contributed by atoms with E-state index in [0.29, 0.717) is 29.5 Å². The first-order valence-corrected chi connectivity index (χ1v) is 11.9. The SMILES string of the molecule is Nc1c(C(=O)Nc2c(Cl)cccc2Cl)sc2sc(C(=O)Nc3c(Cl)cccc3Cl)c(N)c12. The maximum absolute atomic E-state index is 12.8. The van der Waals surface area contributed by atoms with Crippen molar-refractivity contribution in [3.63, 3.8) is 0 Å². The van der Waals surface area contributed by atoms with Gasteiger partial charge in [0.15, 0.2) is 0 Å². The number of carbonyl (C=O) groups excluding carboxylic acids is 2. The first kappa shape index (κ1) is 23.0. The second-order valence-corrected chi connectivity index (χ2v) is 10.4. The first-order valence-electron chi connectivity index (χ1n) is 8.80. The van der Waals surface area contributed by atoms with Crippen LogP contribution in [0.3, 0.4) is 0 Å². The van der Waals surface area contributed by atoms with Crippen LogP contribution in [-0.4, -0.2) is 11.8 Å². The third kappa shape index (κ3) is 4.10. The van der Waals surface area contributed by atoms with E-state index < -0.39 is 11.8 Å². The minimum atomic E-state index is -0.487. The lowest BCUT2D eigenvalue weighted by Crippen LogP contribution is -2.14. The highest BCUT2D eigenvalue weighted by Gasteiger charge is 2.26. The maximum atomic E-state index is 12.8. The Hall–Kier alpha value is -2.20. The van der Waals surface area contributed by atoms with E-state index in [2.05, 4.69) is 10.6 Å². The van der Waals surface area contributed by atoms with Gasteiger partial charge in [-0.3, -0.25) is 9.59 Å². The molecule has 0 saturated carbocycles. The summed E-state index contributed by atoms with van der Waals surface area (Å²) >= 11 is 26.7. The molecule has 2 heterocycles. The average molecular weight is 546 g/mol. The highest BCUT2D eigenvalue weighted by Crippen LogP contribution is 2.45. The molecule has 0 spiro atoms. The van der Waals surface area contributed by atoms with Crippen molar-refractivity contribution >= 4 is 113 Å². The molecule has 0 aliphatic carbocycles. The van der Waals surface area contributed by atoms with Gasteiger partial charge in [0, 0.05) is 0 Å². The second-order valence-electron chi connectivity index (χ2n) is 6.45. The molecule has 32 heavy (non-hydrogen) atoms. The van der Waals surface area contributed by atoms with Gasteiger partial charge in [-0.2, -0.15) is 0 Å². The molecule has 2 aromatic heterocycles. The Bertz CT molecular complexity index is 1260. The molecular formula is C20H12Cl4N4O2S2. The number of anilines is 4. The quantitative estimate of drug-likeness (QED) is 0.216. The Labute approximate surface area is 210 Å². The monoisotopic (exact) mass is 544 g/mol. The van der Waals surface area contributed by atoms with Crippen LogP contribution in [0.2, 0.25) is 20.1 Å². The van der Waals surface area contributed by atoms with Crippen LogP contribution in [0.1, 0.15) is 19.3 Å². The van der Waals surface area contributed by atoms with Crippen molar-refractivity contribution in [3.8, 4) is 0 Å². The normalized spacial score (nSPS) is 11.0. The predicted octanol–water partition coefficient (Wildman–Crippen LogP) is 7.25. The standard InChI is InChI=1S/C20H12Cl4N4O2S2/c21-7-3-1-4-8(22)14(7)27-18(29)16-12(25)11-13(26)17(32-20(11)31-16)19(30)28-15-9(23)5-2-6-10(15)24/h1-6H,25-26H2,(H,27,29)(H,28,30). The summed E-state index contributed by atoms with van der Waals surface area (Å²) in [5.41, 5.74) is 13.3. The number of thiophene rings is 2. The molecule has 0 fully saturated rings. The minimum absolute atomic E-state index is 0.161. The Morgan fingerprint density at radius 2 is 1.03 bits per heavy atom. The fourth-order valence-electron chi connectivity index (χ4n) is 2.92. The molecule has 0 aliphatic rings. The zero-order valence-corrected chi connectivity index (χ0v) is 20.4. The van der Waals surface area contributed by atoms with Gasteiger partial charge in [-0.05, 0) is 24.3 Å². The number of hydrogen-bond acceptors (Lipinski definition) is 6. The summed E-state index contributed by atoms with van der Waals surface area (Å²) < 4.78 is 0.616. The number of rotatable bonds is 4. The number of nitrogens with one attached hydrogen (secondary N) is 2. The number of amides is 2. The number of benzene rings is 2. The van der Waals surface area contributed by atoms with Crippen LogP contribution in [0.15, 0.2) is 36.4 Å². The van der Waals surface area contributed by atoms with Gasteiger partial charge in [0.2, 0.25) is 0 Å². The second kappa shape index (κ2) is 8.97. The summed E-state index contributed by atoms with van der Waals surface area (Å²) in [6.45, 7) is 0. The number of nitrogens with two attached hydrogens (primary N) is 2. The summed E-state index contributed by atoms with van der Waals surface area (Å²) in [6.07, 6.45) is 0. The molecule has 0 aliphatic heterocycles. The molecule has 164 valence electrons. The average Bonchev–Trinajstić information content (AvgIpc) is 3.24. The molecule has 0 unspecified atom stereocenters. The van der Waals surface area contributed by atoms with Crippen LogP contribution >= 0.6 is 69.1 Å². The van der Waals surface area contributed by atoms with Crippen molar-refractivity contribution in [2.24, 2.45) is 0 Å². The predicted molar refractivity (Wildman–Crippen MR) is 137 cm³/mol. The zero-order valence-electron chi connectivity index (χ0n) is 15.8. The zero-order chi connectivity index (χ0) is 23.2. The number of carbonyl (C=O) groups is 2. The number of nitrogen functional groups attached to an aromatic ring is 2. The molecule has 0 radical (unpaired) electrons. The summed E-state index contributed by atoms with van der Waals surface area (Å²) in [7, 11) is 0. The molecule has 0 bridgehead atoms. The molecule has 0 atom stereocenters. The van der Waals surface area contributed by atoms with Gasteiger partial charge in [0.05, 0.1) is 52.2 Å². The first-order chi connectivity index (χ1) is 15.2. The fourth-order valence-corrected chi connectivity index (χ4v) is 6.30. The van der Waals surface area contributed by atoms with Gasteiger partial charge < -0.3 is 22.1 Å². The van der Waals surface area contributed by atoms with Gasteiger partial charge >= 0.3 is 0 Å². The van der Waals surface area contributed by atoms with Gasteiger partial charge in [0.25, 0.3) is 11.8 Å². The molecule has 2 amide bonds. The number of halogens is 4. The van der Waals surface area contributed by atoms with E-state index in [1.165, 1.54) is 0 Å². The van der Waals surface area contributed by atoms with Crippen molar-refractivity contribution in [2.45, 2.75) is 0 Å². The highest BCUT2D eigenvalue weighted by atomic mass is 35.5. The van der Waals surface area contributed by atoms with E-state index in [1.54, 1.807) is 36.4 Å². The molecule has 6 nitrogen and oxygen atoms in total. The van der Waals surface area contributed by atoms with Gasteiger partial charge in [-0.1, -0.05) is 58.5 Å². The molecule has 6 N–H and O–H groups in total. The summed E-state index contributed by atoms with van der Waals surface area (Å²) in [6, 6.07) is 9.75. The highest BCUT2D eigenvalue weighted by molar-refractivity contribution is 7.40. The summed E-state index contributed by atoms with van der Waals surface area (Å²) in [4.78, 5) is 26.1. The number of hydrogen-bond donors (Lipinski definition) is 4. The molecule has 2 aromatic carbocycles. The molecule has 4 rings (SSSR count). The van der Waals surface area contributed by atoms with Gasteiger partial charge in [0.1, 0.15) is 9.75 Å². The largest absolute Gasteiger partial charge is 0.397 e. The van der Waals surface area contributed by atoms with E-state index in [-0.39, 0.29) is 32.5 Å². The smallest absolute Gasteiger partial charge is 0.268 e. The summed E-state index contributed by atoms with van der Waals surface area (Å²) in [5.74, 6) is -0.974. The molecule has 12 heteroatoms. The van der Waals surface area contributed by atoms with E-state index in [9.17, 15) is 9.59 Å². The third-order valence-electron chi connectivity index (χ3n) is 4.44. The van der Waals surface area contributed by atoms with Crippen molar-refractivity contribution in [1.82, 2.24) is 0 Å². The fraction of sp³-hybridized carbons (Fsp3) is 0. The van der Waals surface area contributed by atoms with E-state index in [0.717, 1.165) is 22.7 Å². The van der Waals surface area contributed by atoms with Crippen molar-refractivity contribution in [2.75, 3.05) is 22.1 Å². The number of para-hydroxylation sites is 2. The van der Waals surface area contributed by atoms with Crippen LogP contribution in [0, 0.1) is 0 Å². The lowest BCUT2D eigenvalue weighted by molar-refractivity contribution is 0.102. The lowest BCUT2D eigenvalue weighted by Gasteiger charge is -2.09. The van der Waals surface area contributed by atoms with E-state index in [1.807, 2.05) is 0 Å². The summed E-state index contributed by atoms with van der Waals surface area (Å²) in [5, 5.41) is 6.94. The van der Waals surface area contributed by atoms with Crippen molar-refractivity contribution in [1.29, 1.82) is 0 Å². The van der Waals surface area contributed by atoms with Gasteiger partial charge in [-0.25, -0.2) is 0 Å². The Morgan fingerprint density at radius 1 is 0.688 bits per heavy atom. The Kier molecular flexibility index (Phi) is 6.44. The van der Waals surface area contributed by atoms with Crippen LogP contribution < -0.4 is 22.1 Å². The van der Waals surface area contributed by atoms with E-state index in [4.69, 9.17) is 57.9 Å². The van der Waals surface area contributed by atoms with Gasteiger partial charge in [-0.15, -0.1) is 22.7 Å². The Morgan fingerprint density at radius 3 is 1.34 bits per heavy atom. The third-order valence-corrected chi connectivity index (χ3v) is 8.19. The Balaban J connectivity index is 1.65. The van der Waals surface area contributed by atoms with Crippen molar-refractivity contribution in [3.05, 3.63) is 66.2 Å². The van der Waals surface area contributed by atoms with Crippen molar-refractivity contribution < 1.29 is 9.59 Å². The minimum Gasteiger partial charge on any atom is -0.397 e. The lowest BCUT2D eigenvalue weighted by atomic mass is 10.2. The van der Waals surface area contributed by atoms with Crippen LogP contribution in [0.25, 0.3) is 9.40 Å². The van der Waals surface area contributed by atoms with Crippen LogP contribution in [0.5, 0.6) is 0 Å². The molecule has 0 saturated heterocycles. The van der Waals surface area contributed by atoms with Crippen LogP contribution in [-0.2, 0) is 0 Å². The maximum Gasteiger partial charge on any atom is 0.268 e. The van der Waals surface area contributed by atoms with Crippen LogP contribution in [0.4, 0.5) is 22.7 Å². The molecular weight excluding hydrogens is 534 g/mol. The topological polar surface area (TPSA) is 110 Å². The number of fused-ring (bicyclic) bond motifs is 1. The van der Waals surface area contributed by atoms with E-state index >= 15 is 0 Å². The molecule has 4 aromatic rings.